The molecule has 2 aliphatic rings. The summed E-state index contributed by atoms with van der Waals surface area (Å²) in [6.45, 7) is 2.06. The lowest BCUT2D eigenvalue weighted by Crippen LogP contribution is -2.35. The van der Waals surface area contributed by atoms with E-state index in [1.54, 1.807) is 6.07 Å². The number of fused-ring (bicyclic) bond motifs is 2. The predicted molar refractivity (Wildman–Crippen MR) is 141 cm³/mol. The molecular formula is C28H36ClN3O3. The van der Waals surface area contributed by atoms with Gasteiger partial charge in [-0.2, -0.15) is 0 Å². The predicted octanol–water partition coefficient (Wildman–Crippen LogP) is 4.95. The molecule has 35 heavy (non-hydrogen) atoms. The first-order chi connectivity index (χ1) is 16.8. The minimum Gasteiger partial charge on any atom is -0.490 e. The normalized spacial score (nSPS) is 22.1. The standard InChI is InChI=1S/C28H36ClN3O3/c1-18-14-19-8-6-4-5-7-9-23-24(27(33)30-17-25(19)28(34)31-18)15-20(29)16-26(23)35-22-12-10-21(11-13-22)32(2)3/h5,7,14-16,21-22H,4,6,8-13,17H2,1-3H3,(H,30,33)(H,31,34)/b7-5+. The topological polar surface area (TPSA) is 74.4 Å². The number of aryl methyl sites for hydroxylation is 2. The number of halogens is 1. The van der Waals surface area contributed by atoms with Crippen LogP contribution in [-0.2, 0) is 19.4 Å². The maximum Gasteiger partial charge on any atom is 0.253 e. The first-order valence-corrected chi connectivity index (χ1v) is 13.0. The highest BCUT2D eigenvalue weighted by Crippen LogP contribution is 2.33. The number of hydrogen-bond donors (Lipinski definition) is 2. The van der Waals surface area contributed by atoms with E-state index in [4.69, 9.17) is 16.3 Å². The van der Waals surface area contributed by atoms with E-state index in [0.29, 0.717) is 34.4 Å². The second-order valence-electron chi connectivity index (χ2n) is 9.98. The van der Waals surface area contributed by atoms with Crippen LogP contribution in [-0.4, -0.2) is 42.0 Å². The fraction of sp³-hybridized carbons (Fsp3) is 0.500. The van der Waals surface area contributed by atoms with E-state index < -0.39 is 0 Å². The van der Waals surface area contributed by atoms with Gasteiger partial charge in [0.2, 0.25) is 0 Å². The average molecular weight is 498 g/mol. The third-order valence-electron chi connectivity index (χ3n) is 7.18. The van der Waals surface area contributed by atoms with Crippen LogP contribution in [0.2, 0.25) is 5.02 Å². The molecule has 0 spiro atoms. The van der Waals surface area contributed by atoms with Crippen LogP contribution in [0.3, 0.4) is 0 Å². The number of allylic oxidation sites excluding steroid dienone is 2. The van der Waals surface area contributed by atoms with E-state index in [2.05, 4.69) is 41.4 Å². The summed E-state index contributed by atoms with van der Waals surface area (Å²) in [5, 5.41) is 3.44. The van der Waals surface area contributed by atoms with Crippen molar-refractivity contribution in [2.75, 3.05) is 14.1 Å². The van der Waals surface area contributed by atoms with E-state index >= 15 is 0 Å². The van der Waals surface area contributed by atoms with Crippen molar-refractivity contribution in [3.05, 3.63) is 73.7 Å². The van der Waals surface area contributed by atoms with Crippen molar-refractivity contribution in [3.8, 4) is 5.75 Å². The number of aromatic nitrogens is 1. The number of ether oxygens (including phenoxy) is 1. The number of nitrogens with one attached hydrogen (secondary N) is 2. The number of hydrogen-bond acceptors (Lipinski definition) is 4. The Hall–Kier alpha value is -2.57. The Morgan fingerprint density at radius 3 is 2.54 bits per heavy atom. The third kappa shape index (κ3) is 6.36. The quantitative estimate of drug-likeness (QED) is 0.588. The van der Waals surface area contributed by atoms with Crippen molar-refractivity contribution in [1.29, 1.82) is 0 Å². The highest BCUT2D eigenvalue weighted by Gasteiger charge is 2.26. The van der Waals surface area contributed by atoms with E-state index in [0.717, 1.165) is 61.8 Å². The molecule has 0 bridgehead atoms. The molecule has 2 heterocycles. The van der Waals surface area contributed by atoms with Crippen LogP contribution in [0.1, 0.15) is 71.3 Å². The summed E-state index contributed by atoms with van der Waals surface area (Å²) >= 11 is 6.47. The summed E-state index contributed by atoms with van der Waals surface area (Å²) in [6, 6.07) is 6.13. The van der Waals surface area contributed by atoms with Crippen molar-refractivity contribution >= 4 is 17.5 Å². The number of rotatable bonds is 3. The first kappa shape index (κ1) is 25.5. The molecule has 1 aromatic carbocycles. The fourth-order valence-electron chi connectivity index (χ4n) is 5.18. The smallest absolute Gasteiger partial charge is 0.253 e. The van der Waals surface area contributed by atoms with Gasteiger partial charge in [-0.1, -0.05) is 23.8 Å². The summed E-state index contributed by atoms with van der Waals surface area (Å²) in [6.07, 6.45) is 11.7. The molecule has 1 fully saturated rings. The highest BCUT2D eigenvalue weighted by atomic mass is 35.5. The Balaban J connectivity index is 1.62. The van der Waals surface area contributed by atoms with Gasteiger partial charge in [-0.05, 0) is 96.1 Å². The molecule has 1 saturated carbocycles. The Labute approximate surface area is 212 Å². The molecule has 1 amide bonds. The summed E-state index contributed by atoms with van der Waals surface area (Å²) in [5.74, 6) is 0.437. The number of carbonyl (C=O) groups excluding carboxylic acids is 1. The van der Waals surface area contributed by atoms with Crippen LogP contribution in [0.5, 0.6) is 5.75 Å². The summed E-state index contributed by atoms with van der Waals surface area (Å²) in [5.41, 5.74) is 3.64. The van der Waals surface area contributed by atoms with Crippen LogP contribution >= 0.6 is 11.6 Å². The van der Waals surface area contributed by atoms with Crippen molar-refractivity contribution in [2.45, 2.75) is 77.0 Å². The van der Waals surface area contributed by atoms with Crippen molar-refractivity contribution < 1.29 is 9.53 Å². The maximum atomic E-state index is 13.3. The number of pyridine rings is 1. The van der Waals surface area contributed by atoms with E-state index in [9.17, 15) is 9.59 Å². The minimum absolute atomic E-state index is 0.110. The molecule has 0 saturated heterocycles. The lowest BCUT2D eigenvalue weighted by atomic mass is 9.92. The molecule has 1 aliphatic heterocycles. The summed E-state index contributed by atoms with van der Waals surface area (Å²) in [4.78, 5) is 31.1. The monoisotopic (exact) mass is 497 g/mol. The number of H-pyrrole nitrogens is 1. The van der Waals surface area contributed by atoms with E-state index in [1.807, 2.05) is 19.1 Å². The van der Waals surface area contributed by atoms with Gasteiger partial charge in [-0.3, -0.25) is 9.59 Å². The molecule has 6 nitrogen and oxygen atoms in total. The molecule has 7 heteroatoms. The molecule has 2 aromatic rings. The van der Waals surface area contributed by atoms with Crippen LogP contribution < -0.4 is 15.6 Å². The summed E-state index contributed by atoms with van der Waals surface area (Å²) in [7, 11) is 4.26. The van der Waals surface area contributed by atoms with Crippen LogP contribution in [0, 0.1) is 6.92 Å². The molecule has 188 valence electrons. The number of carbonyl (C=O) groups is 1. The second-order valence-corrected chi connectivity index (χ2v) is 10.4. The van der Waals surface area contributed by atoms with Crippen LogP contribution in [0.15, 0.2) is 35.1 Å². The molecule has 2 N–H and O–H groups in total. The third-order valence-corrected chi connectivity index (χ3v) is 7.40. The van der Waals surface area contributed by atoms with Gasteiger partial charge in [0.15, 0.2) is 0 Å². The molecular weight excluding hydrogens is 462 g/mol. The van der Waals surface area contributed by atoms with Gasteiger partial charge in [0.1, 0.15) is 5.75 Å². The first-order valence-electron chi connectivity index (χ1n) is 12.6. The molecule has 4 rings (SSSR count). The van der Waals surface area contributed by atoms with Gasteiger partial charge >= 0.3 is 0 Å². The molecule has 1 aliphatic carbocycles. The zero-order valence-corrected chi connectivity index (χ0v) is 21.7. The number of benzene rings is 1. The zero-order valence-electron chi connectivity index (χ0n) is 21.0. The highest BCUT2D eigenvalue weighted by molar-refractivity contribution is 6.31. The minimum atomic E-state index is -0.248. The number of aromatic amines is 1. The van der Waals surface area contributed by atoms with Gasteiger partial charge < -0.3 is 19.9 Å². The second kappa shape index (κ2) is 11.4. The molecule has 0 unspecified atom stereocenters. The number of amides is 1. The van der Waals surface area contributed by atoms with Gasteiger partial charge in [-0.25, -0.2) is 0 Å². The zero-order chi connectivity index (χ0) is 24.9. The van der Waals surface area contributed by atoms with Crippen LogP contribution in [0.4, 0.5) is 0 Å². The lowest BCUT2D eigenvalue weighted by molar-refractivity contribution is 0.0945. The van der Waals surface area contributed by atoms with Gasteiger partial charge in [-0.15, -0.1) is 0 Å². The van der Waals surface area contributed by atoms with Gasteiger partial charge in [0.25, 0.3) is 11.5 Å². The van der Waals surface area contributed by atoms with Gasteiger partial charge in [0.05, 0.1) is 6.10 Å². The molecule has 1 aromatic heterocycles. The van der Waals surface area contributed by atoms with Crippen molar-refractivity contribution in [2.24, 2.45) is 0 Å². The largest absolute Gasteiger partial charge is 0.490 e. The maximum absolute atomic E-state index is 13.3. The average Bonchev–Trinajstić information content (AvgIpc) is 2.82. The van der Waals surface area contributed by atoms with Crippen molar-refractivity contribution in [3.63, 3.8) is 0 Å². The Morgan fingerprint density at radius 1 is 1.03 bits per heavy atom. The van der Waals surface area contributed by atoms with Gasteiger partial charge in [0, 0.05) is 40.0 Å². The lowest BCUT2D eigenvalue weighted by Gasteiger charge is -2.33. The van der Waals surface area contributed by atoms with Crippen molar-refractivity contribution in [1.82, 2.24) is 15.2 Å². The molecule has 0 radical (unpaired) electrons. The van der Waals surface area contributed by atoms with E-state index in [1.165, 1.54) is 0 Å². The number of nitrogens with zero attached hydrogens (tertiary/aromatic N) is 1. The Bertz CT molecular complexity index is 1150. The van der Waals surface area contributed by atoms with Crippen LogP contribution in [0.25, 0.3) is 0 Å². The Morgan fingerprint density at radius 2 is 1.80 bits per heavy atom. The SMILES string of the molecule is Cc1cc2c(c(=O)[nH]1)CNC(=O)c1cc(Cl)cc(OC3CCC(N(C)C)CC3)c1C/C=C/CCC2. The van der Waals surface area contributed by atoms with E-state index in [-0.39, 0.29) is 24.1 Å². The fourth-order valence-corrected chi connectivity index (χ4v) is 5.39. The summed E-state index contributed by atoms with van der Waals surface area (Å²) < 4.78 is 6.48. The Kier molecular flexibility index (Phi) is 8.34. The molecule has 0 atom stereocenters.